The van der Waals surface area contributed by atoms with Gasteiger partial charge in [0.05, 0.1) is 6.61 Å². The maximum atomic E-state index is 9.84. The summed E-state index contributed by atoms with van der Waals surface area (Å²) in [6, 6.07) is 0. The lowest BCUT2D eigenvalue weighted by molar-refractivity contribution is -0.296. The van der Waals surface area contributed by atoms with E-state index >= 15 is 0 Å². The van der Waals surface area contributed by atoms with Crippen LogP contribution in [0.3, 0.4) is 0 Å². The molecule has 0 aromatic rings. The van der Waals surface area contributed by atoms with Crippen LogP contribution in [0, 0.1) is 5.92 Å². The van der Waals surface area contributed by atoms with Crippen LogP contribution in [0.25, 0.3) is 0 Å². The summed E-state index contributed by atoms with van der Waals surface area (Å²) in [5, 5.41) is 8.07. The van der Waals surface area contributed by atoms with E-state index in [1.54, 1.807) is 0 Å². The molecule has 0 aromatic heterocycles. The van der Waals surface area contributed by atoms with Gasteiger partial charge in [-0.3, -0.25) is 0 Å². The average Bonchev–Trinajstić information content (AvgIpc) is 1.79. The third-order valence-corrected chi connectivity index (χ3v) is 0.667. The molecule has 0 spiro atoms. The number of rotatable bonds is 5. The minimum Gasteiger partial charge on any atom is -0.479 e. The van der Waals surface area contributed by atoms with E-state index in [-0.39, 0.29) is 0 Å². The molecule has 0 heterocycles. The van der Waals surface area contributed by atoms with Crippen molar-refractivity contribution in [2.75, 3.05) is 13.2 Å². The van der Waals surface area contributed by atoms with Crippen molar-refractivity contribution < 1.29 is 19.7 Å². The van der Waals surface area contributed by atoms with Crippen molar-refractivity contribution in [3.05, 3.63) is 0 Å². The highest BCUT2D eigenvalue weighted by Gasteiger charge is 1.97. The van der Waals surface area contributed by atoms with E-state index in [2.05, 4.69) is 9.78 Å². The average molecular weight is 148 g/mol. The van der Waals surface area contributed by atoms with Crippen LogP contribution in [-0.4, -0.2) is 24.3 Å². The monoisotopic (exact) mass is 148 g/mol. The van der Waals surface area contributed by atoms with Crippen molar-refractivity contribution in [1.82, 2.24) is 0 Å². The first kappa shape index (κ1) is 9.39. The van der Waals surface area contributed by atoms with E-state index in [0.717, 1.165) is 0 Å². The van der Waals surface area contributed by atoms with Crippen molar-refractivity contribution in [3.63, 3.8) is 0 Å². The Kier molecular flexibility index (Phi) is 4.88. The van der Waals surface area contributed by atoms with Crippen LogP contribution in [-0.2, 0) is 14.6 Å². The zero-order chi connectivity index (χ0) is 7.98. The number of carboxylic acid groups (broad SMARTS) is 1. The third kappa shape index (κ3) is 7.39. The molecule has 0 unspecified atom stereocenters. The zero-order valence-electron chi connectivity index (χ0n) is 6.16. The summed E-state index contributed by atoms with van der Waals surface area (Å²) in [6.45, 7) is 3.92. The maximum Gasteiger partial charge on any atom is 0.333 e. The van der Waals surface area contributed by atoms with Gasteiger partial charge in [0.25, 0.3) is 0 Å². The summed E-state index contributed by atoms with van der Waals surface area (Å²) in [7, 11) is 0. The Morgan fingerprint density at radius 3 is 2.50 bits per heavy atom. The first-order chi connectivity index (χ1) is 4.63. The Hall–Kier alpha value is -0.610. The van der Waals surface area contributed by atoms with Gasteiger partial charge >= 0.3 is 5.97 Å². The van der Waals surface area contributed by atoms with E-state index in [1.807, 2.05) is 13.8 Å². The van der Waals surface area contributed by atoms with Crippen LogP contribution in [0.1, 0.15) is 13.8 Å². The first-order valence-corrected chi connectivity index (χ1v) is 3.09. The molecule has 4 nitrogen and oxygen atoms in total. The van der Waals surface area contributed by atoms with Gasteiger partial charge in [-0.15, -0.1) is 0 Å². The highest BCUT2D eigenvalue weighted by atomic mass is 17.2. The van der Waals surface area contributed by atoms with Crippen molar-refractivity contribution in [2.24, 2.45) is 5.92 Å². The standard InChI is InChI=1S/C6H12O4/c1-5(2)3-9-10-4-6(7)8/h5H,3-4H2,1-2H3,(H,7,8). The van der Waals surface area contributed by atoms with Crippen molar-refractivity contribution >= 4 is 5.97 Å². The first-order valence-electron chi connectivity index (χ1n) is 3.09. The van der Waals surface area contributed by atoms with Gasteiger partial charge in [-0.25, -0.2) is 14.6 Å². The van der Waals surface area contributed by atoms with Crippen molar-refractivity contribution in [3.8, 4) is 0 Å². The molecule has 0 atom stereocenters. The van der Waals surface area contributed by atoms with Crippen LogP contribution in [0.2, 0.25) is 0 Å². The lowest BCUT2D eigenvalue weighted by Crippen LogP contribution is -2.10. The second kappa shape index (κ2) is 5.20. The van der Waals surface area contributed by atoms with Crippen LogP contribution >= 0.6 is 0 Å². The predicted molar refractivity (Wildman–Crippen MR) is 34.4 cm³/mol. The SMILES string of the molecule is CC(C)COOCC(=O)O. The molecule has 60 valence electrons. The molecule has 0 saturated carbocycles. The molecule has 0 aromatic carbocycles. The minimum atomic E-state index is -1.02. The fraction of sp³-hybridized carbons (Fsp3) is 0.833. The molecular weight excluding hydrogens is 136 g/mol. The Morgan fingerprint density at radius 2 is 2.10 bits per heavy atom. The zero-order valence-corrected chi connectivity index (χ0v) is 6.16. The predicted octanol–water partition coefficient (Wildman–Crippen LogP) is 0.675. The Bertz CT molecular complexity index is 99.9. The van der Waals surface area contributed by atoms with Gasteiger partial charge in [0, 0.05) is 0 Å². The van der Waals surface area contributed by atoms with E-state index < -0.39 is 12.6 Å². The molecule has 10 heavy (non-hydrogen) atoms. The van der Waals surface area contributed by atoms with E-state index in [0.29, 0.717) is 12.5 Å². The van der Waals surface area contributed by atoms with Gasteiger partial charge in [-0.2, -0.15) is 0 Å². The molecule has 0 amide bonds. The molecule has 0 aliphatic heterocycles. The molecule has 0 saturated heterocycles. The quantitative estimate of drug-likeness (QED) is 0.354. The Balaban J connectivity index is 2.98. The summed E-state index contributed by atoms with van der Waals surface area (Å²) in [5.41, 5.74) is 0. The Labute approximate surface area is 59.7 Å². The number of hydrogen-bond donors (Lipinski definition) is 1. The number of aliphatic carboxylic acids is 1. The van der Waals surface area contributed by atoms with E-state index in [9.17, 15) is 4.79 Å². The van der Waals surface area contributed by atoms with Gasteiger partial charge in [-0.05, 0) is 5.92 Å². The normalized spacial score (nSPS) is 10.3. The molecule has 0 aliphatic rings. The highest BCUT2D eigenvalue weighted by molar-refractivity contribution is 5.67. The molecule has 0 rings (SSSR count). The van der Waals surface area contributed by atoms with Crippen molar-refractivity contribution in [2.45, 2.75) is 13.8 Å². The number of hydrogen-bond acceptors (Lipinski definition) is 3. The highest BCUT2D eigenvalue weighted by Crippen LogP contribution is 1.92. The molecule has 0 bridgehead atoms. The topological polar surface area (TPSA) is 55.8 Å². The van der Waals surface area contributed by atoms with Gasteiger partial charge in [0.15, 0.2) is 6.61 Å². The van der Waals surface area contributed by atoms with E-state index in [4.69, 9.17) is 5.11 Å². The molecule has 0 radical (unpaired) electrons. The summed E-state index contributed by atoms with van der Waals surface area (Å²) >= 11 is 0. The summed E-state index contributed by atoms with van der Waals surface area (Å²) in [6.07, 6.45) is 0. The molecule has 1 N–H and O–H groups in total. The van der Waals surface area contributed by atoms with Crippen LogP contribution in [0.5, 0.6) is 0 Å². The molecule has 4 heteroatoms. The smallest absolute Gasteiger partial charge is 0.333 e. The molecular formula is C6H12O4. The number of carboxylic acids is 1. The number of carbonyl (C=O) groups is 1. The minimum absolute atomic E-state index is 0.355. The van der Waals surface area contributed by atoms with Crippen LogP contribution in [0.15, 0.2) is 0 Å². The van der Waals surface area contributed by atoms with Gasteiger partial charge in [0.1, 0.15) is 0 Å². The van der Waals surface area contributed by atoms with Gasteiger partial charge < -0.3 is 5.11 Å². The Morgan fingerprint density at radius 1 is 1.50 bits per heavy atom. The summed E-state index contributed by atoms with van der Waals surface area (Å²) in [4.78, 5) is 18.7. The van der Waals surface area contributed by atoms with E-state index in [1.165, 1.54) is 0 Å². The maximum absolute atomic E-state index is 9.84. The van der Waals surface area contributed by atoms with Crippen LogP contribution < -0.4 is 0 Å². The third-order valence-electron chi connectivity index (χ3n) is 0.667. The lowest BCUT2D eigenvalue weighted by Gasteiger charge is -2.02. The fourth-order valence-electron chi connectivity index (χ4n) is 0.276. The fourth-order valence-corrected chi connectivity index (χ4v) is 0.276. The second-order valence-corrected chi connectivity index (χ2v) is 2.33. The van der Waals surface area contributed by atoms with Crippen molar-refractivity contribution in [1.29, 1.82) is 0 Å². The summed E-state index contributed by atoms with van der Waals surface area (Å²) < 4.78 is 0. The summed E-state index contributed by atoms with van der Waals surface area (Å²) in [5.74, 6) is -0.669. The van der Waals surface area contributed by atoms with Gasteiger partial charge in [0.2, 0.25) is 0 Å². The van der Waals surface area contributed by atoms with Crippen LogP contribution in [0.4, 0.5) is 0 Å². The lowest BCUT2D eigenvalue weighted by atomic mass is 10.2. The molecule has 0 fully saturated rings. The molecule has 0 aliphatic carbocycles. The second-order valence-electron chi connectivity index (χ2n) is 2.33. The van der Waals surface area contributed by atoms with Gasteiger partial charge in [-0.1, -0.05) is 13.8 Å². The largest absolute Gasteiger partial charge is 0.479 e.